The van der Waals surface area contributed by atoms with Gasteiger partial charge in [-0.15, -0.1) is 5.10 Å². The molecule has 0 amide bonds. The fraction of sp³-hybridized carbons (Fsp3) is 0.818. The molecule has 7 heteroatoms. The molecule has 0 aliphatic carbocycles. The van der Waals surface area contributed by atoms with Gasteiger partial charge in [0, 0.05) is 6.61 Å². The molecule has 1 saturated heterocycles. The van der Waals surface area contributed by atoms with E-state index in [0.29, 0.717) is 18.9 Å². The molecule has 1 fully saturated rings. The summed E-state index contributed by atoms with van der Waals surface area (Å²) in [6, 6.07) is -0.210. The predicted octanol–water partition coefficient (Wildman–Crippen LogP) is 1.34. The molecule has 2 heterocycles. The highest BCUT2D eigenvalue weighted by atomic mass is 16.5. The van der Waals surface area contributed by atoms with Gasteiger partial charge in [-0.1, -0.05) is 6.92 Å². The molecule has 0 spiro atoms. The molecule has 1 aromatic heterocycles. The maximum atomic E-state index is 10.8. The van der Waals surface area contributed by atoms with E-state index in [1.165, 1.54) is 0 Å². The predicted molar refractivity (Wildman–Crippen MR) is 61.9 cm³/mol. The van der Waals surface area contributed by atoms with Crippen LogP contribution in [0.4, 0.5) is 0 Å². The van der Waals surface area contributed by atoms with Gasteiger partial charge in [0.2, 0.25) is 0 Å². The summed E-state index contributed by atoms with van der Waals surface area (Å²) in [6.45, 7) is 2.65. The van der Waals surface area contributed by atoms with Crippen LogP contribution in [0.1, 0.15) is 57.0 Å². The topological polar surface area (TPSA) is 90.1 Å². The van der Waals surface area contributed by atoms with E-state index in [2.05, 4.69) is 15.5 Å². The summed E-state index contributed by atoms with van der Waals surface area (Å²) in [5, 5.41) is 20.5. The number of nitrogens with zero attached hydrogens (tertiary/aromatic N) is 4. The SMILES string of the molecule is CCC(CC(=O)O)n1nnnc1C1CCCCO1. The van der Waals surface area contributed by atoms with Gasteiger partial charge in [0.05, 0.1) is 12.5 Å². The second-order valence-electron chi connectivity index (χ2n) is 4.50. The Labute approximate surface area is 105 Å². The van der Waals surface area contributed by atoms with Gasteiger partial charge in [-0.05, 0) is 36.1 Å². The van der Waals surface area contributed by atoms with Crippen LogP contribution in [0.3, 0.4) is 0 Å². The third-order valence-electron chi connectivity index (χ3n) is 3.21. The minimum atomic E-state index is -0.840. The van der Waals surface area contributed by atoms with E-state index in [4.69, 9.17) is 9.84 Å². The summed E-state index contributed by atoms with van der Waals surface area (Å²) < 4.78 is 7.27. The van der Waals surface area contributed by atoms with E-state index < -0.39 is 5.97 Å². The number of aliphatic carboxylic acids is 1. The second kappa shape index (κ2) is 5.90. The van der Waals surface area contributed by atoms with Crippen molar-refractivity contribution in [2.45, 2.75) is 51.2 Å². The van der Waals surface area contributed by atoms with E-state index in [0.717, 1.165) is 19.3 Å². The van der Waals surface area contributed by atoms with E-state index in [1.54, 1.807) is 4.68 Å². The summed E-state index contributed by atoms with van der Waals surface area (Å²) in [7, 11) is 0. The average Bonchev–Trinajstić information content (AvgIpc) is 2.86. The highest BCUT2D eigenvalue weighted by Crippen LogP contribution is 2.28. The van der Waals surface area contributed by atoms with Crippen LogP contribution in [0, 0.1) is 0 Å². The molecule has 2 rings (SSSR count). The molecule has 2 atom stereocenters. The van der Waals surface area contributed by atoms with Crippen molar-refractivity contribution in [3.05, 3.63) is 5.82 Å². The van der Waals surface area contributed by atoms with Crippen LogP contribution in [0.25, 0.3) is 0 Å². The lowest BCUT2D eigenvalue weighted by molar-refractivity contribution is -0.138. The van der Waals surface area contributed by atoms with Gasteiger partial charge in [-0.25, -0.2) is 4.68 Å². The lowest BCUT2D eigenvalue weighted by atomic mass is 10.1. The van der Waals surface area contributed by atoms with Gasteiger partial charge in [0.15, 0.2) is 5.82 Å². The Balaban J connectivity index is 2.16. The van der Waals surface area contributed by atoms with Gasteiger partial charge in [-0.3, -0.25) is 4.79 Å². The first-order chi connectivity index (χ1) is 8.72. The first kappa shape index (κ1) is 12.9. The van der Waals surface area contributed by atoms with Crippen molar-refractivity contribution in [3.8, 4) is 0 Å². The van der Waals surface area contributed by atoms with Crippen LogP contribution in [-0.4, -0.2) is 37.9 Å². The first-order valence-electron chi connectivity index (χ1n) is 6.33. The molecule has 0 saturated carbocycles. The van der Waals surface area contributed by atoms with Crippen LogP contribution >= 0.6 is 0 Å². The number of ether oxygens (including phenoxy) is 1. The third kappa shape index (κ3) is 2.84. The largest absolute Gasteiger partial charge is 0.481 e. The molecule has 7 nitrogen and oxygen atoms in total. The van der Waals surface area contributed by atoms with Crippen LogP contribution in [0.5, 0.6) is 0 Å². The molecular formula is C11H18N4O3. The molecule has 1 N–H and O–H groups in total. The molecule has 1 aliphatic heterocycles. The standard InChI is InChI=1S/C11H18N4O3/c1-2-8(7-10(16)17)15-11(12-13-14-15)9-5-3-4-6-18-9/h8-9H,2-7H2,1H3,(H,16,17). The molecule has 0 radical (unpaired) electrons. The maximum Gasteiger partial charge on any atom is 0.305 e. The minimum absolute atomic E-state index is 0.0290. The lowest BCUT2D eigenvalue weighted by Gasteiger charge is -2.23. The van der Waals surface area contributed by atoms with Crippen molar-refractivity contribution >= 4 is 5.97 Å². The summed E-state index contributed by atoms with van der Waals surface area (Å²) >= 11 is 0. The molecule has 100 valence electrons. The van der Waals surface area contributed by atoms with Gasteiger partial charge in [0.1, 0.15) is 6.10 Å². The molecule has 18 heavy (non-hydrogen) atoms. The zero-order chi connectivity index (χ0) is 13.0. The Morgan fingerprint density at radius 2 is 2.44 bits per heavy atom. The quantitative estimate of drug-likeness (QED) is 0.852. The zero-order valence-electron chi connectivity index (χ0n) is 10.4. The lowest BCUT2D eigenvalue weighted by Crippen LogP contribution is -2.22. The maximum absolute atomic E-state index is 10.8. The van der Waals surface area contributed by atoms with E-state index >= 15 is 0 Å². The monoisotopic (exact) mass is 254 g/mol. The molecular weight excluding hydrogens is 236 g/mol. The van der Waals surface area contributed by atoms with Gasteiger partial charge in [-0.2, -0.15) is 0 Å². The van der Waals surface area contributed by atoms with Crippen LogP contribution < -0.4 is 0 Å². The van der Waals surface area contributed by atoms with Crippen molar-refractivity contribution in [1.29, 1.82) is 0 Å². The van der Waals surface area contributed by atoms with E-state index in [-0.39, 0.29) is 18.6 Å². The Kier molecular flexibility index (Phi) is 4.24. The van der Waals surface area contributed by atoms with Gasteiger partial charge in [0.25, 0.3) is 0 Å². The zero-order valence-corrected chi connectivity index (χ0v) is 10.4. The van der Waals surface area contributed by atoms with Crippen molar-refractivity contribution in [3.63, 3.8) is 0 Å². The highest BCUT2D eigenvalue weighted by molar-refractivity contribution is 5.67. The number of carboxylic acid groups (broad SMARTS) is 1. The number of rotatable bonds is 5. The Morgan fingerprint density at radius 1 is 1.61 bits per heavy atom. The molecule has 1 aliphatic rings. The highest BCUT2D eigenvalue weighted by Gasteiger charge is 2.26. The Bertz CT molecular complexity index is 401. The number of hydrogen-bond acceptors (Lipinski definition) is 5. The van der Waals surface area contributed by atoms with Crippen molar-refractivity contribution < 1.29 is 14.6 Å². The summed E-state index contributed by atoms with van der Waals surface area (Å²) in [4.78, 5) is 10.8. The fourth-order valence-corrected chi connectivity index (χ4v) is 2.22. The summed E-state index contributed by atoms with van der Waals surface area (Å²) in [5.74, 6) is -0.185. The fourth-order valence-electron chi connectivity index (χ4n) is 2.22. The molecule has 0 bridgehead atoms. The van der Waals surface area contributed by atoms with Crippen molar-refractivity contribution in [2.75, 3.05) is 6.61 Å². The molecule has 0 aromatic carbocycles. The van der Waals surface area contributed by atoms with Crippen LogP contribution in [0.2, 0.25) is 0 Å². The Morgan fingerprint density at radius 3 is 3.06 bits per heavy atom. The molecule has 1 aromatic rings. The third-order valence-corrected chi connectivity index (χ3v) is 3.21. The van der Waals surface area contributed by atoms with E-state index in [9.17, 15) is 4.79 Å². The van der Waals surface area contributed by atoms with Crippen LogP contribution in [0.15, 0.2) is 0 Å². The number of aromatic nitrogens is 4. The van der Waals surface area contributed by atoms with Gasteiger partial charge >= 0.3 is 5.97 Å². The van der Waals surface area contributed by atoms with Crippen LogP contribution in [-0.2, 0) is 9.53 Å². The molecule has 2 unspecified atom stereocenters. The number of hydrogen-bond donors (Lipinski definition) is 1. The number of tetrazole rings is 1. The Hall–Kier alpha value is -1.50. The first-order valence-corrected chi connectivity index (χ1v) is 6.33. The summed E-state index contributed by atoms with van der Waals surface area (Å²) in [6.07, 6.45) is 3.65. The average molecular weight is 254 g/mol. The number of carbonyl (C=O) groups is 1. The second-order valence-corrected chi connectivity index (χ2v) is 4.50. The smallest absolute Gasteiger partial charge is 0.305 e. The van der Waals surface area contributed by atoms with Crippen molar-refractivity contribution in [2.24, 2.45) is 0 Å². The summed E-state index contributed by atoms with van der Waals surface area (Å²) in [5.41, 5.74) is 0. The van der Waals surface area contributed by atoms with Gasteiger partial charge < -0.3 is 9.84 Å². The minimum Gasteiger partial charge on any atom is -0.481 e. The normalized spacial score (nSPS) is 21.7. The number of carboxylic acids is 1. The van der Waals surface area contributed by atoms with E-state index in [1.807, 2.05) is 6.92 Å². The van der Waals surface area contributed by atoms with Crippen molar-refractivity contribution in [1.82, 2.24) is 20.2 Å².